The quantitative estimate of drug-likeness (QED) is 0.755. The predicted molar refractivity (Wildman–Crippen MR) is 88.3 cm³/mol. The van der Waals surface area contributed by atoms with Crippen molar-refractivity contribution in [1.29, 1.82) is 5.26 Å². The van der Waals surface area contributed by atoms with Crippen LogP contribution in [0.4, 0.5) is 5.69 Å². The van der Waals surface area contributed by atoms with Crippen LogP contribution in [0.5, 0.6) is 0 Å². The summed E-state index contributed by atoms with van der Waals surface area (Å²) in [5, 5.41) is 18.5. The fourth-order valence-corrected chi connectivity index (χ4v) is 2.71. The Morgan fingerprint density at radius 3 is 3.00 bits per heavy atom. The summed E-state index contributed by atoms with van der Waals surface area (Å²) in [5.41, 5.74) is 0.618. The van der Waals surface area contributed by atoms with E-state index in [1.807, 2.05) is 13.0 Å². The Kier molecular flexibility index (Phi) is 6.00. The number of benzene rings is 1. The van der Waals surface area contributed by atoms with E-state index in [2.05, 4.69) is 15.5 Å². The molecular formula is C15H17N5O2S. The van der Waals surface area contributed by atoms with Crippen molar-refractivity contribution in [3.63, 3.8) is 0 Å². The summed E-state index contributed by atoms with van der Waals surface area (Å²) in [6.07, 6.45) is 1.84. The van der Waals surface area contributed by atoms with E-state index in [0.29, 0.717) is 23.0 Å². The second-order valence-electron chi connectivity index (χ2n) is 4.81. The molecule has 0 spiro atoms. The first-order chi connectivity index (χ1) is 11.2. The van der Waals surface area contributed by atoms with E-state index < -0.39 is 0 Å². The summed E-state index contributed by atoms with van der Waals surface area (Å²) in [5.74, 6) is -0.147. The monoisotopic (exact) mass is 331 g/mol. The van der Waals surface area contributed by atoms with Crippen molar-refractivity contribution >= 4 is 23.4 Å². The van der Waals surface area contributed by atoms with Gasteiger partial charge in [0.15, 0.2) is 5.16 Å². The summed E-state index contributed by atoms with van der Waals surface area (Å²) < 4.78 is 1.53. The van der Waals surface area contributed by atoms with Crippen molar-refractivity contribution in [2.75, 3.05) is 11.1 Å². The second-order valence-corrected chi connectivity index (χ2v) is 5.75. The van der Waals surface area contributed by atoms with E-state index in [1.54, 1.807) is 24.3 Å². The lowest BCUT2D eigenvalue weighted by Gasteiger charge is -2.07. The fraction of sp³-hybridized carbons (Fsp3) is 0.333. The molecule has 0 saturated carbocycles. The zero-order chi connectivity index (χ0) is 16.7. The number of hydrogen-bond donors (Lipinski definition) is 2. The molecule has 1 aromatic carbocycles. The molecular weight excluding hydrogens is 314 g/mol. The number of carbonyl (C=O) groups excluding carboxylic acids is 1. The molecule has 1 amide bonds. The van der Waals surface area contributed by atoms with Crippen molar-refractivity contribution in [2.45, 2.75) is 31.5 Å². The Bertz CT molecular complexity index is 775. The van der Waals surface area contributed by atoms with Crippen LogP contribution in [0.1, 0.15) is 25.3 Å². The van der Waals surface area contributed by atoms with Gasteiger partial charge in [0.1, 0.15) is 6.07 Å². The first-order valence-corrected chi connectivity index (χ1v) is 8.21. The van der Waals surface area contributed by atoms with Gasteiger partial charge in [-0.3, -0.25) is 9.36 Å². The lowest BCUT2D eigenvalue weighted by atomic mass is 10.2. The van der Waals surface area contributed by atoms with Crippen LogP contribution in [0.3, 0.4) is 0 Å². The molecule has 2 rings (SSSR count). The molecule has 120 valence electrons. The number of unbranched alkanes of at least 4 members (excludes halogenated alkanes) is 1. The molecule has 0 radical (unpaired) electrons. The SMILES string of the molecule is CCCCn1c(SCC(=O)Nc2ccccc2C#N)n[nH]c1=O. The third-order valence-electron chi connectivity index (χ3n) is 3.11. The lowest BCUT2D eigenvalue weighted by Crippen LogP contribution is -2.19. The molecule has 0 unspecified atom stereocenters. The van der Waals surface area contributed by atoms with Crippen molar-refractivity contribution in [1.82, 2.24) is 14.8 Å². The third kappa shape index (κ3) is 4.47. The summed E-state index contributed by atoms with van der Waals surface area (Å²) in [7, 11) is 0. The predicted octanol–water partition coefficient (Wildman–Crippen LogP) is 1.97. The van der Waals surface area contributed by atoms with Gasteiger partial charge < -0.3 is 5.32 Å². The molecule has 7 nitrogen and oxygen atoms in total. The molecule has 0 fully saturated rings. The van der Waals surface area contributed by atoms with E-state index in [-0.39, 0.29) is 17.3 Å². The largest absolute Gasteiger partial charge is 0.343 e. The van der Waals surface area contributed by atoms with Crippen LogP contribution in [0.25, 0.3) is 0 Å². The van der Waals surface area contributed by atoms with E-state index >= 15 is 0 Å². The first-order valence-electron chi connectivity index (χ1n) is 7.22. The van der Waals surface area contributed by atoms with Crippen LogP contribution in [0, 0.1) is 11.3 Å². The van der Waals surface area contributed by atoms with Gasteiger partial charge in [0, 0.05) is 6.54 Å². The van der Waals surface area contributed by atoms with E-state index in [9.17, 15) is 9.59 Å². The molecule has 2 N–H and O–H groups in total. The molecule has 2 aromatic rings. The van der Waals surface area contributed by atoms with Crippen LogP contribution >= 0.6 is 11.8 Å². The second kappa shape index (κ2) is 8.19. The van der Waals surface area contributed by atoms with Crippen LogP contribution in [0.2, 0.25) is 0 Å². The van der Waals surface area contributed by atoms with Gasteiger partial charge in [0.25, 0.3) is 0 Å². The number of anilines is 1. The van der Waals surface area contributed by atoms with Gasteiger partial charge in [0.05, 0.1) is 17.0 Å². The molecule has 1 aromatic heterocycles. The van der Waals surface area contributed by atoms with Gasteiger partial charge in [-0.15, -0.1) is 5.10 Å². The van der Waals surface area contributed by atoms with Gasteiger partial charge in [-0.1, -0.05) is 37.2 Å². The average molecular weight is 331 g/mol. The summed E-state index contributed by atoms with van der Waals surface area (Å²) in [4.78, 5) is 23.7. The number of thioether (sulfide) groups is 1. The smallest absolute Gasteiger partial charge is 0.324 e. The number of aromatic amines is 1. The minimum Gasteiger partial charge on any atom is -0.324 e. The molecule has 1 heterocycles. The van der Waals surface area contributed by atoms with Crippen LogP contribution in [-0.2, 0) is 11.3 Å². The molecule has 0 saturated heterocycles. The molecule has 8 heteroatoms. The summed E-state index contributed by atoms with van der Waals surface area (Å²) >= 11 is 1.18. The highest BCUT2D eigenvalue weighted by Crippen LogP contribution is 2.17. The standard InChI is InChI=1S/C15H17N5O2S/c1-2-3-8-20-14(22)18-19-15(20)23-10-13(21)17-12-7-5-4-6-11(12)9-16/h4-7H,2-3,8,10H2,1H3,(H,17,21)(H,18,22). The van der Waals surface area contributed by atoms with Crippen molar-refractivity contribution in [3.05, 3.63) is 40.3 Å². The maximum absolute atomic E-state index is 12.0. The molecule has 0 aliphatic heterocycles. The number of rotatable bonds is 7. The minimum absolute atomic E-state index is 0.107. The Morgan fingerprint density at radius 2 is 2.26 bits per heavy atom. The summed E-state index contributed by atoms with van der Waals surface area (Å²) in [6.45, 7) is 2.62. The number of nitrogens with one attached hydrogen (secondary N) is 2. The van der Waals surface area contributed by atoms with E-state index in [0.717, 1.165) is 12.8 Å². The highest BCUT2D eigenvalue weighted by atomic mass is 32.2. The number of carbonyl (C=O) groups is 1. The van der Waals surface area contributed by atoms with Gasteiger partial charge in [-0.05, 0) is 18.6 Å². The van der Waals surface area contributed by atoms with Crippen molar-refractivity contribution in [3.8, 4) is 6.07 Å². The number of amides is 1. The lowest BCUT2D eigenvalue weighted by molar-refractivity contribution is -0.113. The van der Waals surface area contributed by atoms with Crippen molar-refractivity contribution < 1.29 is 4.79 Å². The van der Waals surface area contributed by atoms with Crippen LogP contribution < -0.4 is 11.0 Å². The first kappa shape index (κ1) is 16.8. The summed E-state index contributed by atoms with van der Waals surface area (Å²) in [6, 6.07) is 8.82. The number of aromatic nitrogens is 3. The van der Waals surface area contributed by atoms with E-state index in [1.165, 1.54) is 16.3 Å². The number of para-hydroxylation sites is 1. The molecule has 23 heavy (non-hydrogen) atoms. The number of H-pyrrole nitrogens is 1. The molecule has 0 bridgehead atoms. The molecule has 0 atom stereocenters. The maximum atomic E-state index is 12.0. The van der Waals surface area contributed by atoms with Crippen molar-refractivity contribution in [2.24, 2.45) is 0 Å². The number of hydrogen-bond acceptors (Lipinski definition) is 5. The van der Waals surface area contributed by atoms with Gasteiger partial charge in [0.2, 0.25) is 5.91 Å². The Balaban J connectivity index is 1.97. The zero-order valence-electron chi connectivity index (χ0n) is 12.7. The maximum Gasteiger partial charge on any atom is 0.343 e. The minimum atomic E-state index is -0.267. The third-order valence-corrected chi connectivity index (χ3v) is 4.09. The van der Waals surface area contributed by atoms with Gasteiger partial charge in [-0.2, -0.15) is 5.26 Å². The zero-order valence-corrected chi connectivity index (χ0v) is 13.5. The normalized spacial score (nSPS) is 10.3. The average Bonchev–Trinajstić information content (AvgIpc) is 2.91. The molecule has 0 aliphatic carbocycles. The fourth-order valence-electron chi connectivity index (χ4n) is 1.93. The highest BCUT2D eigenvalue weighted by molar-refractivity contribution is 7.99. The van der Waals surface area contributed by atoms with Gasteiger partial charge in [-0.25, -0.2) is 9.89 Å². The highest BCUT2D eigenvalue weighted by Gasteiger charge is 2.12. The van der Waals surface area contributed by atoms with Gasteiger partial charge >= 0.3 is 5.69 Å². The number of nitriles is 1. The Hall–Kier alpha value is -2.53. The Labute approximate surface area is 137 Å². The Morgan fingerprint density at radius 1 is 1.48 bits per heavy atom. The topological polar surface area (TPSA) is 104 Å². The number of nitrogens with zero attached hydrogens (tertiary/aromatic N) is 3. The molecule has 0 aliphatic rings. The van der Waals surface area contributed by atoms with Crippen LogP contribution in [0.15, 0.2) is 34.2 Å². The van der Waals surface area contributed by atoms with E-state index in [4.69, 9.17) is 5.26 Å². The van der Waals surface area contributed by atoms with Crippen LogP contribution in [-0.4, -0.2) is 26.4 Å².